The molecule has 2 aromatic heterocycles. The molecule has 0 amide bonds. The van der Waals surface area contributed by atoms with E-state index in [1.807, 2.05) is 6.92 Å². The number of amidine groups is 1. The molecular formula is C8H8N6S2. The third-order valence-electron chi connectivity index (χ3n) is 1.67. The van der Waals surface area contributed by atoms with Crippen molar-refractivity contribution in [3.63, 3.8) is 0 Å². The van der Waals surface area contributed by atoms with Gasteiger partial charge in [-0.15, -0.1) is 5.10 Å². The van der Waals surface area contributed by atoms with Crippen molar-refractivity contribution in [1.29, 1.82) is 5.41 Å². The zero-order chi connectivity index (χ0) is 11.5. The van der Waals surface area contributed by atoms with Crippen molar-refractivity contribution in [2.75, 3.05) is 0 Å². The van der Waals surface area contributed by atoms with E-state index in [1.54, 1.807) is 6.07 Å². The highest BCUT2D eigenvalue weighted by molar-refractivity contribution is 8.01. The van der Waals surface area contributed by atoms with Crippen molar-refractivity contribution >= 4 is 29.1 Å². The van der Waals surface area contributed by atoms with E-state index in [2.05, 4.69) is 19.6 Å². The second-order valence-corrected chi connectivity index (χ2v) is 4.86. The van der Waals surface area contributed by atoms with E-state index in [0.29, 0.717) is 10.6 Å². The summed E-state index contributed by atoms with van der Waals surface area (Å²) in [6, 6.07) is 1.66. The molecule has 0 atom stereocenters. The van der Waals surface area contributed by atoms with Crippen LogP contribution in [0.1, 0.15) is 11.4 Å². The maximum atomic E-state index is 7.41. The summed E-state index contributed by atoms with van der Waals surface area (Å²) in [4.78, 5) is 4.20. The first-order valence-corrected chi connectivity index (χ1v) is 5.90. The largest absolute Gasteiger partial charge is 0.384 e. The minimum Gasteiger partial charge on any atom is -0.384 e. The van der Waals surface area contributed by atoms with Crippen LogP contribution in [-0.4, -0.2) is 25.4 Å². The van der Waals surface area contributed by atoms with Crippen LogP contribution in [0.3, 0.4) is 0 Å². The molecule has 0 saturated carbocycles. The van der Waals surface area contributed by atoms with Crippen molar-refractivity contribution in [3.8, 4) is 0 Å². The lowest BCUT2D eigenvalue weighted by Crippen LogP contribution is -2.13. The number of nitrogens with zero attached hydrogens (tertiary/aromatic N) is 4. The van der Waals surface area contributed by atoms with Gasteiger partial charge in [-0.25, -0.2) is 4.98 Å². The van der Waals surface area contributed by atoms with Crippen LogP contribution < -0.4 is 5.73 Å². The van der Waals surface area contributed by atoms with Gasteiger partial charge in [0.2, 0.25) is 0 Å². The first-order chi connectivity index (χ1) is 7.66. The molecule has 6 nitrogen and oxygen atoms in total. The molecule has 82 valence electrons. The molecule has 2 rings (SSSR count). The molecule has 0 aromatic carbocycles. The second kappa shape index (κ2) is 4.54. The maximum absolute atomic E-state index is 7.41. The van der Waals surface area contributed by atoms with Crippen LogP contribution >= 0.6 is 23.3 Å². The number of rotatable bonds is 3. The molecule has 0 aliphatic heterocycles. The summed E-state index contributed by atoms with van der Waals surface area (Å²) in [5.41, 5.74) is 6.01. The average Bonchev–Trinajstić information content (AvgIpc) is 2.64. The average molecular weight is 252 g/mol. The number of hydrogen-bond acceptors (Lipinski definition) is 7. The van der Waals surface area contributed by atoms with Crippen LogP contribution in [0.4, 0.5) is 0 Å². The first-order valence-electron chi connectivity index (χ1n) is 4.31. The smallest absolute Gasteiger partial charge is 0.176 e. The van der Waals surface area contributed by atoms with E-state index in [1.165, 1.54) is 29.5 Å². The highest BCUT2D eigenvalue weighted by Crippen LogP contribution is 2.28. The Kier molecular flexibility index (Phi) is 3.11. The Balaban J connectivity index is 2.31. The van der Waals surface area contributed by atoms with Gasteiger partial charge >= 0.3 is 0 Å². The third-order valence-corrected chi connectivity index (χ3v) is 3.51. The molecule has 0 aliphatic carbocycles. The molecule has 8 heteroatoms. The fourth-order valence-electron chi connectivity index (χ4n) is 1.00. The van der Waals surface area contributed by atoms with Crippen molar-refractivity contribution in [1.82, 2.24) is 19.6 Å². The van der Waals surface area contributed by atoms with Gasteiger partial charge in [0.15, 0.2) is 4.34 Å². The molecule has 0 unspecified atom stereocenters. The maximum Gasteiger partial charge on any atom is 0.176 e. The molecule has 0 radical (unpaired) electrons. The molecule has 0 saturated heterocycles. The summed E-state index contributed by atoms with van der Waals surface area (Å²) in [5.74, 6) is 0.694. The highest BCUT2D eigenvalue weighted by atomic mass is 32.2. The Bertz CT molecular complexity index is 523. The van der Waals surface area contributed by atoms with Gasteiger partial charge in [0.25, 0.3) is 0 Å². The monoisotopic (exact) mass is 252 g/mol. The second-order valence-electron chi connectivity index (χ2n) is 2.87. The Morgan fingerprint density at radius 3 is 3.00 bits per heavy atom. The number of nitrogens with one attached hydrogen (secondary N) is 1. The standard InChI is InChI=1S/C8H8N6S2/c1-4-12-8(16-14-4)15-7-5(6(9)10)2-3-11-13-7/h2-3H,1H3,(H3,9,10). The molecule has 0 aliphatic rings. The first kappa shape index (κ1) is 11.0. The summed E-state index contributed by atoms with van der Waals surface area (Å²) < 4.78 is 4.83. The number of aromatic nitrogens is 4. The Morgan fingerprint density at radius 1 is 1.56 bits per heavy atom. The van der Waals surface area contributed by atoms with Gasteiger partial charge in [-0.05, 0) is 36.3 Å². The summed E-state index contributed by atoms with van der Waals surface area (Å²) in [7, 11) is 0. The lowest BCUT2D eigenvalue weighted by Gasteiger charge is -2.02. The van der Waals surface area contributed by atoms with Crippen molar-refractivity contribution in [3.05, 3.63) is 23.7 Å². The molecule has 16 heavy (non-hydrogen) atoms. The molecule has 3 N–H and O–H groups in total. The lowest BCUT2D eigenvalue weighted by atomic mass is 10.3. The normalized spacial score (nSPS) is 10.3. The Hall–Kier alpha value is -1.54. The van der Waals surface area contributed by atoms with Crippen LogP contribution in [0.25, 0.3) is 0 Å². The van der Waals surface area contributed by atoms with Crippen LogP contribution in [0.2, 0.25) is 0 Å². The van der Waals surface area contributed by atoms with E-state index < -0.39 is 0 Å². The van der Waals surface area contributed by atoms with E-state index >= 15 is 0 Å². The van der Waals surface area contributed by atoms with Crippen molar-refractivity contribution in [2.24, 2.45) is 5.73 Å². The molecule has 2 aromatic rings. The third kappa shape index (κ3) is 2.34. The molecule has 2 heterocycles. The summed E-state index contributed by atoms with van der Waals surface area (Å²) in [5, 5.41) is 15.7. The SMILES string of the molecule is Cc1nsc(Sc2nnccc2C(=N)N)n1. The predicted molar refractivity (Wildman–Crippen MR) is 61.8 cm³/mol. The van der Waals surface area contributed by atoms with Gasteiger partial charge in [0, 0.05) is 0 Å². The van der Waals surface area contributed by atoms with Crippen molar-refractivity contribution in [2.45, 2.75) is 16.3 Å². The Labute approximate surface area is 100.0 Å². The van der Waals surface area contributed by atoms with Crippen LogP contribution in [-0.2, 0) is 0 Å². The van der Waals surface area contributed by atoms with Gasteiger partial charge in [-0.2, -0.15) is 9.47 Å². The van der Waals surface area contributed by atoms with Crippen LogP contribution in [0.5, 0.6) is 0 Å². The van der Waals surface area contributed by atoms with E-state index in [-0.39, 0.29) is 5.84 Å². The lowest BCUT2D eigenvalue weighted by molar-refractivity contribution is 0.919. The van der Waals surface area contributed by atoms with E-state index in [4.69, 9.17) is 11.1 Å². The van der Waals surface area contributed by atoms with Gasteiger partial charge in [0.05, 0.1) is 11.8 Å². The zero-order valence-electron chi connectivity index (χ0n) is 8.34. The summed E-state index contributed by atoms with van der Waals surface area (Å²) in [6.07, 6.45) is 1.51. The quantitative estimate of drug-likeness (QED) is 0.626. The van der Waals surface area contributed by atoms with Gasteiger partial charge in [-0.3, -0.25) is 5.41 Å². The predicted octanol–water partition coefficient (Wildman–Crippen LogP) is 1.07. The molecule has 0 fully saturated rings. The number of aryl methyl sites for hydroxylation is 1. The summed E-state index contributed by atoms with van der Waals surface area (Å²) >= 11 is 2.60. The minimum absolute atomic E-state index is 0.0290. The molecule has 0 bridgehead atoms. The number of hydrogen-bond donors (Lipinski definition) is 2. The van der Waals surface area contributed by atoms with Crippen LogP contribution in [0, 0.1) is 12.3 Å². The fraction of sp³-hybridized carbons (Fsp3) is 0.125. The van der Waals surface area contributed by atoms with Gasteiger partial charge in [0.1, 0.15) is 16.7 Å². The van der Waals surface area contributed by atoms with Crippen LogP contribution in [0.15, 0.2) is 21.6 Å². The van der Waals surface area contributed by atoms with E-state index in [9.17, 15) is 0 Å². The van der Waals surface area contributed by atoms with E-state index in [0.717, 1.165) is 10.2 Å². The van der Waals surface area contributed by atoms with Gasteiger partial charge < -0.3 is 5.73 Å². The van der Waals surface area contributed by atoms with Gasteiger partial charge in [-0.1, -0.05) is 0 Å². The summed E-state index contributed by atoms with van der Waals surface area (Å²) in [6.45, 7) is 1.82. The fourth-order valence-corrected chi connectivity index (χ4v) is 2.64. The topological polar surface area (TPSA) is 101 Å². The zero-order valence-corrected chi connectivity index (χ0v) is 9.97. The number of nitrogens with two attached hydrogens (primary N) is 1. The minimum atomic E-state index is -0.0290. The van der Waals surface area contributed by atoms with Crippen molar-refractivity contribution < 1.29 is 0 Å². The highest BCUT2D eigenvalue weighted by Gasteiger charge is 2.11. The molecule has 0 spiro atoms. The Morgan fingerprint density at radius 2 is 2.38 bits per heavy atom. The number of nitrogen functional groups attached to an aromatic ring is 1. The molecular weight excluding hydrogens is 244 g/mol.